The number of halogens is 1. The maximum absolute atomic E-state index is 10.7. The molecular formula is C14H16ClN3O. The molecule has 1 heterocycles. The maximum atomic E-state index is 10.7. The van der Waals surface area contributed by atoms with Gasteiger partial charge in [-0.25, -0.2) is 0 Å². The summed E-state index contributed by atoms with van der Waals surface area (Å²) in [6, 6.07) is 7.70. The van der Waals surface area contributed by atoms with Crippen LogP contribution in [-0.2, 0) is 11.3 Å². The number of fused-ring (bicyclic) bond motifs is 1. The van der Waals surface area contributed by atoms with Crippen LogP contribution >= 0.6 is 11.6 Å². The van der Waals surface area contributed by atoms with Crippen LogP contribution in [0.15, 0.2) is 30.5 Å². The van der Waals surface area contributed by atoms with Crippen LogP contribution in [0, 0.1) is 0 Å². The summed E-state index contributed by atoms with van der Waals surface area (Å²) in [6.07, 6.45) is 1.76. The Bertz CT molecular complexity index is 586. The smallest absolute Gasteiger partial charge is 0.216 e. The van der Waals surface area contributed by atoms with Gasteiger partial charge in [0.15, 0.2) is 0 Å². The molecule has 1 aromatic heterocycles. The van der Waals surface area contributed by atoms with Crippen LogP contribution in [0.2, 0.25) is 5.02 Å². The van der Waals surface area contributed by atoms with E-state index in [1.54, 1.807) is 6.20 Å². The van der Waals surface area contributed by atoms with E-state index in [1.165, 1.54) is 6.92 Å². The number of carbonyl (C=O) groups is 1. The van der Waals surface area contributed by atoms with Gasteiger partial charge in [-0.2, -0.15) is 0 Å². The zero-order valence-electron chi connectivity index (χ0n) is 10.7. The summed E-state index contributed by atoms with van der Waals surface area (Å²) >= 11 is 6.14. The van der Waals surface area contributed by atoms with E-state index in [-0.39, 0.29) is 5.91 Å². The number of pyridine rings is 1. The summed E-state index contributed by atoms with van der Waals surface area (Å²) in [7, 11) is 0. The molecular weight excluding hydrogens is 262 g/mol. The first-order valence-corrected chi connectivity index (χ1v) is 6.53. The van der Waals surface area contributed by atoms with Gasteiger partial charge in [-0.3, -0.25) is 9.78 Å². The molecule has 0 aliphatic carbocycles. The molecule has 4 nitrogen and oxygen atoms in total. The van der Waals surface area contributed by atoms with Crippen molar-refractivity contribution >= 4 is 28.4 Å². The van der Waals surface area contributed by atoms with E-state index < -0.39 is 0 Å². The quantitative estimate of drug-likeness (QED) is 0.823. The SMILES string of the molecule is CC(=O)NCCNCc1ccc(Cl)c2cccnc12. The Labute approximate surface area is 117 Å². The van der Waals surface area contributed by atoms with E-state index in [4.69, 9.17) is 11.6 Å². The number of benzene rings is 1. The largest absolute Gasteiger partial charge is 0.355 e. The number of aromatic nitrogens is 1. The Hall–Kier alpha value is -1.65. The number of carbonyl (C=O) groups excluding carboxylic acids is 1. The molecule has 0 spiro atoms. The Kier molecular flexibility index (Phi) is 4.71. The fraction of sp³-hybridized carbons (Fsp3) is 0.286. The molecule has 1 amide bonds. The molecule has 2 rings (SSSR count). The minimum absolute atomic E-state index is 0.0135. The van der Waals surface area contributed by atoms with Crippen molar-refractivity contribution in [1.29, 1.82) is 0 Å². The lowest BCUT2D eigenvalue weighted by Crippen LogP contribution is -2.29. The van der Waals surface area contributed by atoms with Crippen LogP contribution in [0.5, 0.6) is 0 Å². The molecule has 0 atom stereocenters. The molecule has 0 saturated heterocycles. The average Bonchev–Trinajstić information content (AvgIpc) is 2.41. The molecule has 2 aromatic rings. The summed E-state index contributed by atoms with van der Waals surface area (Å²) in [6.45, 7) is 3.55. The summed E-state index contributed by atoms with van der Waals surface area (Å²) in [5.74, 6) is -0.0135. The standard InChI is InChI=1S/C14H16ClN3O/c1-10(19)17-8-7-16-9-11-4-5-13(15)12-3-2-6-18-14(11)12/h2-6,16H,7-9H2,1H3,(H,17,19). The first-order chi connectivity index (χ1) is 9.18. The van der Waals surface area contributed by atoms with Gasteiger partial charge in [0.1, 0.15) is 0 Å². The molecule has 2 N–H and O–H groups in total. The predicted molar refractivity (Wildman–Crippen MR) is 77.1 cm³/mol. The number of nitrogens with one attached hydrogen (secondary N) is 2. The number of amides is 1. The van der Waals surface area contributed by atoms with Crippen LogP contribution in [-0.4, -0.2) is 24.0 Å². The molecule has 0 saturated carbocycles. The number of hydrogen-bond acceptors (Lipinski definition) is 3. The lowest BCUT2D eigenvalue weighted by Gasteiger charge is -2.09. The molecule has 5 heteroatoms. The van der Waals surface area contributed by atoms with E-state index in [9.17, 15) is 4.79 Å². The van der Waals surface area contributed by atoms with Crippen LogP contribution in [0.1, 0.15) is 12.5 Å². The molecule has 0 aliphatic heterocycles. The van der Waals surface area contributed by atoms with Gasteiger partial charge < -0.3 is 10.6 Å². The highest BCUT2D eigenvalue weighted by molar-refractivity contribution is 6.35. The van der Waals surface area contributed by atoms with E-state index in [1.807, 2.05) is 24.3 Å². The fourth-order valence-corrected chi connectivity index (χ4v) is 2.10. The first kappa shape index (κ1) is 13.8. The van der Waals surface area contributed by atoms with Gasteiger partial charge in [0, 0.05) is 43.2 Å². The minimum Gasteiger partial charge on any atom is -0.355 e. The third-order valence-corrected chi connectivity index (χ3v) is 3.12. The first-order valence-electron chi connectivity index (χ1n) is 6.16. The highest BCUT2D eigenvalue weighted by Crippen LogP contribution is 2.24. The summed E-state index contributed by atoms with van der Waals surface area (Å²) < 4.78 is 0. The third-order valence-electron chi connectivity index (χ3n) is 2.79. The molecule has 19 heavy (non-hydrogen) atoms. The zero-order valence-corrected chi connectivity index (χ0v) is 11.5. The Balaban J connectivity index is 2.01. The zero-order chi connectivity index (χ0) is 13.7. The highest BCUT2D eigenvalue weighted by Gasteiger charge is 2.05. The third kappa shape index (κ3) is 3.66. The second-order valence-electron chi connectivity index (χ2n) is 4.27. The van der Waals surface area contributed by atoms with Crippen molar-refractivity contribution in [2.75, 3.05) is 13.1 Å². The van der Waals surface area contributed by atoms with Gasteiger partial charge >= 0.3 is 0 Å². The van der Waals surface area contributed by atoms with Gasteiger partial charge in [-0.15, -0.1) is 0 Å². The number of hydrogen-bond donors (Lipinski definition) is 2. The molecule has 1 aromatic carbocycles. The van der Waals surface area contributed by atoms with Gasteiger partial charge in [-0.05, 0) is 23.8 Å². The lowest BCUT2D eigenvalue weighted by atomic mass is 10.1. The van der Waals surface area contributed by atoms with Gasteiger partial charge in [0.2, 0.25) is 5.91 Å². The summed E-state index contributed by atoms with van der Waals surface area (Å²) in [5.41, 5.74) is 2.02. The normalized spacial score (nSPS) is 10.6. The maximum Gasteiger partial charge on any atom is 0.216 e. The van der Waals surface area contributed by atoms with Gasteiger partial charge in [-0.1, -0.05) is 17.7 Å². The van der Waals surface area contributed by atoms with Gasteiger partial charge in [0.25, 0.3) is 0 Å². The van der Waals surface area contributed by atoms with Gasteiger partial charge in [0.05, 0.1) is 5.52 Å². The van der Waals surface area contributed by atoms with E-state index in [0.29, 0.717) is 18.1 Å². The van der Waals surface area contributed by atoms with Crippen molar-refractivity contribution in [3.8, 4) is 0 Å². The van der Waals surface area contributed by atoms with Crippen molar-refractivity contribution in [2.24, 2.45) is 0 Å². The van der Waals surface area contributed by atoms with Crippen molar-refractivity contribution < 1.29 is 4.79 Å². The monoisotopic (exact) mass is 277 g/mol. The average molecular weight is 278 g/mol. The Morgan fingerprint density at radius 2 is 2.16 bits per heavy atom. The van der Waals surface area contributed by atoms with E-state index >= 15 is 0 Å². The number of nitrogens with zero attached hydrogens (tertiary/aromatic N) is 1. The molecule has 0 radical (unpaired) electrons. The van der Waals surface area contributed by atoms with E-state index in [0.717, 1.165) is 23.0 Å². The molecule has 0 bridgehead atoms. The second-order valence-corrected chi connectivity index (χ2v) is 4.67. The van der Waals surface area contributed by atoms with Crippen LogP contribution in [0.25, 0.3) is 10.9 Å². The van der Waals surface area contributed by atoms with Crippen LogP contribution in [0.4, 0.5) is 0 Å². The van der Waals surface area contributed by atoms with Crippen molar-refractivity contribution in [1.82, 2.24) is 15.6 Å². The molecule has 100 valence electrons. The Morgan fingerprint density at radius 1 is 1.32 bits per heavy atom. The second kappa shape index (κ2) is 6.50. The minimum atomic E-state index is -0.0135. The van der Waals surface area contributed by atoms with Crippen molar-refractivity contribution in [2.45, 2.75) is 13.5 Å². The fourth-order valence-electron chi connectivity index (χ4n) is 1.89. The topological polar surface area (TPSA) is 54.0 Å². The van der Waals surface area contributed by atoms with Crippen molar-refractivity contribution in [3.05, 3.63) is 41.0 Å². The van der Waals surface area contributed by atoms with Crippen LogP contribution in [0.3, 0.4) is 0 Å². The van der Waals surface area contributed by atoms with Crippen molar-refractivity contribution in [3.63, 3.8) is 0 Å². The van der Waals surface area contributed by atoms with E-state index in [2.05, 4.69) is 15.6 Å². The number of rotatable bonds is 5. The highest BCUT2D eigenvalue weighted by atomic mass is 35.5. The predicted octanol–water partition coefficient (Wildman–Crippen LogP) is 2.11. The molecule has 0 unspecified atom stereocenters. The molecule has 0 fully saturated rings. The summed E-state index contributed by atoms with van der Waals surface area (Å²) in [5, 5.41) is 7.69. The molecule has 0 aliphatic rings. The van der Waals surface area contributed by atoms with Crippen LogP contribution < -0.4 is 10.6 Å². The summed E-state index contributed by atoms with van der Waals surface area (Å²) in [4.78, 5) is 15.1. The lowest BCUT2D eigenvalue weighted by molar-refractivity contribution is -0.118. The Morgan fingerprint density at radius 3 is 2.95 bits per heavy atom.